The van der Waals surface area contributed by atoms with E-state index in [9.17, 15) is 4.79 Å². The minimum absolute atomic E-state index is 0.0151. The summed E-state index contributed by atoms with van der Waals surface area (Å²) < 4.78 is 0. The van der Waals surface area contributed by atoms with Crippen LogP contribution in [0.25, 0.3) is 0 Å². The lowest BCUT2D eigenvalue weighted by Crippen LogP contribution is -2.20. The Kier molecular flexibility index (Phi) is 5.38. The van der Waals surface area contributed by atoms with Gasteiger partial charge in [0.05, 0.1) is 0 Å². The van der Waals surface area contributed by atoms with E-state index >= 15 is 0 Å². The lowest BCUT2D eigenvalue weighted by atomic mass is 9.80. The molecule has 0 unspecified atom stereocenters. The van der Waals surface area contributed by atoms with Gasteiger partial charge in [-0.3, -0.25) is 4.79 Å². The van der Waals surface area contributed by atoms with E-state index in [1.165, 1.54) is 38.5 Å². The van der Waals surface area contributed by atoms with Crippen LogP contribution in [0.1, 0.15) is 76.7 Å². The Labute approximate surface area is 122 Å². The summed E-state index contributed by atoms with van der Waals surface area (Å²) in [7, 11) is 0. The van der Waals surface area contributed by atoms with Crippen LogP contribution >= 0.6 is 0 Å². The van der Waals surface area contributed by atoms with Crippen LogP contribution in [-0.4, -0.2) is 9.97 Å². The number of H-pyrrole nitrogens is 1. The topological polar surface area (TPSA) is 45.8 Å². The zero-order valence-electron chi connectivity index (χ0n) is 13.1. The number of nitrogens with one attached hydrogen (secondary N) is 1. The number of rotatable bonds is 5. The number of aromatic nitrogens is 2. The number of hydrogen-bond acceptors (Lipinski definition) is 2. The molecule has 1 aliphatic rings. The van der Waals surface area contributed by atoms with Gasteiger partial charge in [-0.1, -0.05) is 33.6 Å². The van der Waals surface area contributed by atoms with Crippen LogP contribution in [0.2, 0.25) is 0 Å². The summed E-state index contributed by atoms with van der Waals surface area (Å²) >= 11 is 0. The average molecular weight is 276 g/mol. The predicted octanol–water partition coefficient (Wildman–Crippen LogP) is 4.04. The highest BCUT2D eigenvalue weighted by molar-refractivity contribution is 5.07. The quantitative estimate of drug-likeness (QED) is 0.882. The molecule has 0 aliphatic heterocycles. The van der Waals surface area contributed by atoms with Gasteiger partial charge in [-0.05, 0) is 43.9 Å². The summed E-state index contributed by atoms with van der Waals surface area (Å²) in [5.41, 5.74) is 0.968. The Hall–Kier alpha value is -1.12. The maximum atomic E-state index is 11.8. The van der Waals surface area contributed by atoms with Gasteiger partial charge < -0.3 is 4.98 Å². The van der Waals surface area contributed by atoms with Crippen LogP contribution in [0, 0.1) is 11.8 Å². The van der Waals surface area contributed by atoms with Crippen LogP contribution in [0.5, 0.6) is 0 Å². The second-order valence-corrected chi connectivity index (χ2v) is 6.73. The molecular formula is C17H28N2O. The molecule has 0 saturated heterocycles. The van der Waals surface area contributed by atoms with E-state index in [-0.39, 0.29) is 5.56 Å². The van der Waals surface area contributed by atoms with Crippen molar-refractivity contribution in [3.63, 3.8) is 0 Å². The normalized spacial score (nSPS) is 23.2. The minimum atomic E-state index is 0.0151. The molecule has 1 aliphatic carbocycles. The number of hydrogen-bond donors (Lipinski definition) is 1. The first kappa shape index (κ1) is 15.3. The van der Waals surface area contributed by atoms with E-state index in [1.54, 1.807) is 6.07 Å². The lowest BCUT2D eigenvalue weighted by molar-refractivity contribution is 0.301. The van der Waals surface area contributed by atoms with Gasteiger partial charge in [-0.25, -0.2) is 4.98 Å². The molecular weight excluding hydrogens is 248 g/mol. The molecule has 1 aromatic heterocycles. The summed E-state index contributed by atoms with van der Waals surface area (Å²) in [5.74, 6) is 2.82. The van der Waals surface area contributed by atoms with Gasteiger partial charge >= 0.3 is 0 Å². The monoisotopic (exact) mass is 276 g/mol. The Morgan fingerprint density at radius 3 is 2.60 bits per heavy atom. The molecule has 0 spiro atoms. The molecule has 0 bridgehead atoms. The predicted molar refractivity (Wildman–Crippen MR) is 83.0 cm³/mol. The molecule has 20 heavy (non-hydrogen) atoms. The molecule has 0 aromatic carbocycles. The largest absolute Gasteiger partial charge is 0.310 e. The van der Waals surface area contributed by atoms with E-state index in [1.807, 2.05) is 0 Å². The van der Waals surface area contributed by atoms with Crippen molar-refractivity contribution < 1.29 is 0 Å². The van der Waals surface area contributed by atoms with Crippen molar-refractivity contribution in [2.24, 2.45) is 11.8 Å². The van der Waals surface area contributed by atoms with Gasteiger partial charge in [0.25, 0.3) is 5.56 Å². The highest BCUT2D eigenvalue weighted by atomic mass is 16.1. The van der Waals surface area contributed by atoms with Gasteiger partial charge in [-0.15, -0.1) is 0 Å². The Morgan fingerprint density at radius 1 is 1.30 bits per heavy atom. The standard InChI is InChI=1S/C17H28N2O/c1-4-5-13-6-8-14(9-7-13)17-18-15(10-12(2)3)11-16(20)19-17/h11-14H,4-10H2,1-3H3,(H,18,19,20). The van der Waals surface area contributed by atoms with Crippen molar-refractivity contribution in [3.05, 3.63) is 27.9 Å². The minimum Gasteiger partial charge on any atom is -0.310 e. The molecule has 0 atom stereocenters. The molecule has 3 heteroatoms. The molecule has 3 nitrogen and oxygen atoms in total. The van der Waals surface area contributed by atoms with Gasteiger partial charge in [0.2, 0.25) is 0 Å². The van der Waals surface area contributed by atoms with Crippen LogP contribution in [-0.2, 0) is 6.42 Å². The van der Waals surface area contributed by atoms with Crippen molar-refractivity contribution >= 4 is 0 Å². The average Bonchev–Trinajstić information content (AvgIpc) is 2.38. The lowest BCUT2D eigenvalue weighted by Gasteiger charge is -2.27. The fourth-order valence-electron chi connectivity index (χ4n) is 3.38. The summed E-state index contributed by atoms with van der Waals surface area (Å²) in [6.07, 6.45) is 8.46. The fourth-order valence-corrected chi connectivity index (χ4v) is 3.38. The third kappa shape index (κ3) is 4.19. The highest BCUT2D eigenvalue weighted by Gasteiger charge is 2.23. The first-order valence-electron chi connectivity index (χ1n) is 8.18. The Morgan fingerprint density at radius 2 is 2.00 bits per heavy atom. The Bertz CT molecular complexity index is 470. The molecule has 1 heterocycles. The van der Waals surface area contributed by atoms with Crippen molar-refractivity contribution in [1.82, 2.24) is 9.97 Å². The van der Waals surface area contributed by atoms with Crippen LogP contribution in [0.15, 0.2) is 10.9 Å². The Balaban J connectivity index is 2.06. The van der Waals surface area contributed by atoms with E-state index in [2.05, 4.69) is 25.8 Å². The maximum Gasteiger partial charge on any atom is 0.251 e. The first-order chi connectivity index (χ1) is 9.58. The van der Waals surface area contributed by atoms with Gasteiger partial charge in [0, 0.05) is 17.7 Å². The van der Waals surface area contributed by atoms with Gasteiger partial charge in [0.1, 0.15) is 5.82 Å². The third-order valence-electron chi connectivity index (χ3n) is 4.36. The molecule has 1 saturated carbocycles. The van der Waals surface area contributed by atoms with Crippen molar-refractivity contribution in [2.45, 2.75) is 71.6 Å². The maximum absolute atomic E-state index is 11.8. The first-order valence-corrected chi connectivity index (χ1v) is 8.18. The third-order valence-corrected chi connectivity index (χ3v) is 4.36. The summed E-state index contributed by atoms with van der Waals surface area (Å²) in [6.45, 7) is 6.59. The zero-order chi connectivity index (χ0) is 14.5. The smallest absolute Gasteiger partial charge is 0.251 e. The van der Waals surface area contributed by atoms with Crippen LogP contribution in [0.4, 0.5) is 0 Å². The molecule has 112 valence electrons. The van der Waals surface area contributed by atoms with Crippen LogP contribution < -0.4 is 5.56 Å². The molecule has 2 rings (SSSR count). The highest BCUT2D eigenvalue weighted by Crippen LogP contribution is 2.35. The van der Waals surface area contributed by atoms with Crippen molar-refractivity contribution in [2.75, 3.05) is 0 Å². The number of nitrogens with zero attached hydrogens (tertiary/aromatic N) is 1. The molecule has 1 N–H and O–H groups in total. The molecule has 1 aromatic rings. The van der Waals surface area contributed by atoms with Gasteiger partial charge in [-0.2, -0.15) is 0 Å². The SMILES string of the molecule is CCCC1CCC(c2nc(CC(C)C)cc(=O)[nH]2)CC1. The van der Waals surface area contributed by atoms with Crippen LogP contribution in [0.3, 0.4) is 0 Å². The second kappa shape index (κ2) is 7.05. The van der Waals surface area contributed by atoms with E-state index in [4.69, 9.17) is 4.98 Å². The van der Waals surface area contributed by atoms with Crippen molar-refractivity contribution in [1.29, 1.82) is 0 Å². The fraction of sp³-hybridized carbons (Fsp3) is 0.765. The molecule has 1 fully saturated rings. The summed E-state index contributed by atoms with van der Waals surface area (Å²) in [5, 5.41) is 0. The zero-order valence-corrected chi connectivity index (χ0v) is 13.1. The molecule has 0 amide bonds. The van der Waals surface area contributed by atoms with Gasteiger partial charge in [0.15, 0.2) is 0 Å². The van der Waals surface area contributed by atoms with Crippen molar-refractivity contribution in [3.8, 4) is 0 Å². The number of aromatic amines is 1. The summed E-state index contributed by atoms with van der Waals surface area (Å²) in [6, 6.07) is 1.66. The van der Waals surface area contributed by atoms with E-state index in [0.717, 1.165) is 23.9 Å². The summed E-state index contributed by atoms with van der Waals surface area (Å²) in [4.78, 5) is 19.5. The molecule has 0 radical (unpaired) electrons. The van der Waals surface area contributed by atoms with E-state index < -0.39 is 0 Å². The second-order valence-electron chi connectivity index (χ2n) is 6.73. The van der Waals surface area contributed by atoms with E-state index in [0.29, 0.717) is 11.8 Å².